The minimum Gasteiger partial charge on any atom is -0.310 e. The molecule has 72 heavy (non-hydrogen) atoms. The van der Waals surface area contributed by atoms with Crippen molar-refractivity contribution in [3.63, 3.8) is 0 Å². The van der Waals surface area contributed by atoms with Gasteiger partial charge in [-0.3, -0.25) is 0 Å². The summed E-state index contributed by atoms with van der Waals surface area (Å²) in [5.74, 6) is 0. The summed E-state index contributed by atoms with van der Waals surface area (Å²) in [6.45, 7) is 9.45. The summed E-state index contributed by atoms with van der Waals surface area (Å²) in [5, 5.41) is 0. The van der Waals surface area contributed by atoms with Crippen LogP contribution in [0.2, 0.25) is 0 Å². The van der Waals surface area contributed by atoms with Crippen molar-refractivity contribution in [1.29, 1.82) is 0 Å². The van der Waals surface area contributed by atoms with E-state index in [1.54, 1.807) is 0 Å². The van der Waals surface area contributed by atoms with Crippen LogP contribution >= 0.6 is 0 Å². The van der Waals surface area contributed by atoms with Crippen LogP contribution in [0, 0.1) is 0 Å². The van der Waals surface area contributed by atoms with Gasteiger partial charge in [-0.1, -0.05) is 222 Å². The number of hydrogen-bond donors (Lipinski definition) is 0. The summed E-state index contributed by atoms with van der Waals surface area (Å²) in [4.78, 5) is 4.70. The maximum atomic E-state index is 2.40. The lowest BCUT2D eigenvalue weighted by Crippen LogP contribution is -2.16. The molecule has 0 amide bonds. The lowest BCUT2D eigenvalue weighted by Gasteiger charge is -2.28. The normalized spacial score (nSPS) is 13.7. The second-order valence-electron chi connectivity index (χ2n) is 20.2. The first kappa shape index (κ1) is 44.5. The molecule has 2 heteroatoms. The first-order valence-corrected chi connectivity index (χ1v) is 25.2. The minimum absolute atomic E-state index is 0.149. The standard InChI is InChI=1S/C70H56N2/c1-69(2)65-45-51(33-41-61(65)63-43-39-59(47-67(63)69)71(55-17-9-5-10-18-55)56-19-11-6-12-20-56)27-25-49-29-35-53(36-30-49)54-37-31-50(32-38-54)26-28-52-34-42-62-64-44-40-60(48-68(64)70(3,4)66(62)46-52)72(57-21-13-7-14-22-57)58-23-15-8-16-24-58/h5-48H,1-4H3/b27-25+,28-26+. The molecule has 0 aliphatic heterocycles. The van der Waals surface area contributed by atoms with Gasteiger partial charge >= 0.3 is 0 Å². The van der Waals surface area contributed by atoms with E-state index in [1.807, 2.05) is 0 Å². The third-order valence-electron chi connectivity index (χ3n) is 15.0. The Labute approximate surface area is 425 Å². The predicted molar refractivity (Wildman–Crippen MR) is 307 cm³/mol. The van der Waals surface area contributed by atoms with Crippen molar-refractivity contribution in [3.05, 3.63) is 287 Å². The molecule has 0 saturated heterocycles. The summed E-state index contributed by atoms with van der Waals surface area (Å²) < 4.78 is 0. The van der Waals surface area contributed by atoms with Crippen molar-refractivity contribution in [2.45, 2.75) is 38.5 Å². The first-order chi connectivity index (χ1) is 35.2. The highest BCUT2D eigenvalue weighted by atomic mass is 15.1. The van der Waals surface area contributed by atoms with Crippen LogP contribution in [-0.2, 0) is 10.8 Å². The molecule has 2 aliphatic carbocycles. The highest BCUT2D eigenvalue weighted by Gasteiger charge is 2.37. The van der Waals surface area contributed by atoms with Gasteiger partial charge in [-0.15, -0.1) is 0 Å². The Kier molecular flexibility index (Phi) is 11.3. The van der Waals surface area contributed by atoms with E-state index in [2.05, 4.69) is 304 Å². The van der Waals surface area contributed by atoms with Gasteiger partial charge in [0.25, 0.3) is 0 Å². The van der Waals surface area contributed by atoms with Crippen LogP contribution in [0.25, 0.3) is 57.7 Å². The summed E-state index contributed by atoms with van der Waals surface area (Å²) in [7, 11) is 0. The smallest absolute Gasteiger partial charge is 0.0465 e. The Morgan fingerprint density at radius 1 is 0.250 bits per heavy atom. The van der Waals surface area contributed by atoms with Crippen LogP contribution in [0.4, 0.5) is 34.1 Å². The maximum Gasteiger partial charge on any atom is 0.0465 e. The molecule has 0 unspecified atom stereocenters. The van der Waals surface area contributed by atoms with Crippen molar-refractivity contribution in [2.75, 3.05) is 9.80 Å². The minimum atomic E-state index is -0.149. The van der Waals surface area contributed by atoms with E-state index in [9.17, 15) is 0 Å². The Morgan fingerprint density at radius 3 is 0.833 bits per heavy atom. The highest BCUT2D eigenvalue weighted by Crippen LogP contribution is 2.53. The molecule has 0 atom stereocenters. The molecule has 0 radical (unpaired) electrons. The van der Waals surface area contributed by atoms with Crippen molar-refractivity contribution in [3.8, 4) is 33.4 Å². The quantitative estimate of drug-likeness (QED) is 0.119. The Bertz CT molecular complexity index is 3320. The van der Waals surface area contributed by atoms with E-state index < -0.39 is 0 Å². The zero-order valence-electron chi connectivity index (χ0n) is 41.3. The second kappa shape index (κ2) is 18.2. The zero-order valence-corrected chi connectivity index (χ0v) is 41.3. The number of anilines is 6. The number of hydrogen-bond acceptors (Lipinski definition) is 2. The average Bonchev–Trinajstić information content (AvgIpc) is 3.79. The van der Waals surface area contributed by atoms with Crippen molar-refractivity contribution >= 4 is 58.4 Å². The van der Waals surface area contributed by atoms with Crippen molar-refractivity contribution in [2.24, 2.45) is 0 Å². The second-order valence-corrected chi connectivity index (χ2v) is 20.2. The van der Waals surface area contributed by atoms with Crippen molar-refractivity contribution in [1.82, 2.24) is 0 Å². The molecule has 0 bridgehead atoms. The molecule has 12 rings (SSSR count). The molecule has 346 valence electrons. The fourth-order valence-corrected chi connectivity index (χ4v) is 11.1. The largest absolute Gasteiger partial charge is 0.310 e. The fraction of sp³-hybridized carbons (Fsp3) is 0.0857. The first-order valence-electron chi connectivity index (χ1n) is 25.2. The van der Waals surface area contributed by atoms with Gasteiger partial charge in [0.15, 0.2) is 0 Å². The molecule has 2 aliphatic rings. The Balaban J connectivity index is 0.721. The molecular formula is C70H56N2. The van der Waals surface area contributed by atoms with Gasteiger partial charge in [0.1, 0.15) is 0 Å². The highest BCUT2D eigenvalue weighted by molar-refractivity contribution is 5.89. The molecule has 0 aromatic heterocycles. The number of para-hydroxylation sites is 4. The summed E-state index contributed by atoms with van der Waals surface area (Å²) in [5.41, 5.74) is 24.5. The molecule has 0 saturated carbocycles. The van der Waals surface area contributed by atoms with Crippen LogP contribution in [-0.4, -0.2) is 0 Å². The third-order valence-corrected chi connectivity index (χ3v) is 15.0. The van der Waals surface area contributed by atoms with E-state index in [4.69, 9.17) is 0 Å². The van der Waals surface area contributed by atoms with E-state index >= 15 is 0 Å². The number of fused-ring (bicyclic) bond motifs is 6. The van der Waals surface area contributed by atoms with Gasteiger partial charge < -0.3 is 9.80 Å². The predicted octanol–water partition coefficient (Wildman–Crippen LogP) is 19.2. The van der Waals surface area contributed by atoms with E-state index in [0.717, 1.165) is 34.1 Å². The molecular weight excluding hydrogens is 869 g/mol. The van der Waals surface area contributed by atoms with Crippen LogP contribution in [0.15, 0.2) is 243 Å². The van der Waals surface area contributed by atoms with Gasteiger partial charge in [0, 0.05) is 45.0 Å². The lowest BCUT2D eigenvalue weighted by atomic mass is 9.81. The summed E-state index contributed by atoms with van der Waals surface area (Å²) >= 11 is 0. The van der Waals surface area contributed by atoms with Gasteiger partial charge in [-0.2, -0.15) is 0 Å². The molecule has 0 spiro atoms. The molecule has 0 fully saturated rings. The number of rotatable bonds is 11. The van der Waals surface area contributed by atoms with Crippen LogP contribution in [0.3, 0.4) is 0 Å². The molecule has 2 nitrogen and oxygen atoms in total. The van der Waals surface area contributed by atoms with Gasteiger partial charge in [-0.25, -0.2) is 0 Å². The van der Waals surface area contributed by atoms with Crippen LogP contribution < -0.4 is 9.80 Å². The topological polar surface area (TPSA) is 6.48 Å². The molecule has 10 aromatic rings. The van der Waals surface area contributed by atoms with Gasteiger partial charge in [0.2, 0.25) is 0 Å². The van der Waals surface area contributed by atoms with Crippen molar-refractivity contribution < 1.29 is 0 Å². The summed E-state index contributed by atoms with van der Waals surface area (Å²) in [6.07, 6.45) is 8.95. The SMILES string of the molecule is CC1(C)c2cc(/C=C/c3ccc(-c4ccc(/C=C/c5ccc6c(c5)C(C)(C)c5cc(N(c7ccccc7)c7ccccc7)ccc5-6)cc4)cc3)ccc2-c2ccc(N(c3ccccc3)c3ccccc3)cc21. The number of nitrogens with zero attached hydrogens (tertiary/aromatic N) is 2. The fourth-order valence-electron chi connectivity index (χ4n) is 11.1. The van der Waals surface area contributed by atoms with Crippen LogP contribution in [0.1, 0.15) is 72.2 Å². The average molecular weight is 925 g/mol. The van der Waals surface area contributed by atoms with E-state index in [-0.39, 0.29) is 10.8 Å². The lowest BCUT2D eigenvalue weighted by molar-refractivity contribution is 0.660. The van der Waals surface area contributed by atoms with E-state index in [1.165, 1.54) is 77.9 Å². The van der Waals surface area contributed by atoms with E-state index in [0.29, 0.717) is 0 Å². The zero-order chi connectivity index (χ0) is 48.8. The maximum absolute atomic E-state index is 2.40. The Hall–Kier alpha value is -8.72. The van der Waals surface area contributed by atoms with Gasteiger partial charge in [-0.05, 0) is 151 Å². The molecule has 0 heterocycles. The number of benzene rings is 10. The molecule has 0 N–H and O–H groups in total. The van der Waals surface area contributed by atoms with Crippen LogP contribution in [0.5, 0.6) is 0 Å². The Morgan fingerprint density at radius 2 is 0.514 bits per heavy atom. The monoisotopic (exact) mass is 924 g/mol. The third kappa shape index (κ3) is 8.15. The summed E-state index contributed by atoms with van der Waals surface area (Å²) in [6, 6.07) is 88.2. The van der Waals surface area contributed by atoms with Gasteiger partial charge in [0.05, 0.1) is 0 Å². The molecule has 10 aromatic carbocycles.